The summed E-state index contributed by atoms with van der Waals surface area (Å²) in [5.41, 5.74) is 4.64. The van der Waals surface area contributed by atoms with Crippen molar-refractivity contribution in [1.29, 1.82) is 0 Å². The molecule has 0 aromatic heterocycles. The lowest BCUT2D eigenvalue weighted by Crippen LogP contribution is -2.48. The molecule has 0 bridgehead atoms. The van der Waals surface area contributed by atoms with Crippen LogP contribution in [-0.2, 0) is 25.2 Å². The first-order valence-corrected chi connectivity index (χ1v) is 21.4. The van der Waals surface area contributed by atoms with Crippen LogP contribution in [0.15, 0.2) is 54.6 Å². The molecule has 1 aliphatic rings. The molecular formula is C34H56O4Si2. The number of hydrogen-bond donors (Lipinski definition) is 0. The molecular weight excluding hydrogens is 529 g/mol. The Hall–Kier alpha value is -1.47. The van der Waals surface area contributed by atoms with Crippen LogP contribution in [0.4, 0.5) is 0 Å². The van der Waals surface area contributed by atoms with Gasteiger partial charge in [-0.25, -0.2) is 0 Å². The van der Waals surface area contributed by atoms with Gasteiger partial charge in [-0.1, -0.05) is 101 Å². The minimum atomic E-state index is -1.70. The molecule has 0 amide bonds. The van der Waals surface area contributed by atoms with Gasteiger partial charge in [0.1, 0.15) is 20.3 Å². The summed E-state index contributed by atoms with van der Waals surface area (Å²) in [5.74, 6) is 2.73. The van der Waals surface area contributed by atoms with Crippen LogP contribution in [0.25, 0.3) is 0 Å². The standard InChI is InChI=1S/C34H56O4Si2/c1-28(38-40(10,11)33(2,3)4)20-16-13-12-14-19-23-30-26-32(37-34(5,6)36-30)31(24-25-39(7,8)9)35-27-29-21-17-15-18-22-29/h12,14-15,17-19,21-23,28,30-32H,13,16,20,26-27H2,1-11H3/b14-12?,23-19+/t28-,30+,31+,32-/m1/s1. The van der Waals surface area contributed by atoms with Gasteiger partial charge in [0.15, 0.2) is 14.1 Å². The van der Waals surface area contributed by atoms with E-state index in [1.54, 1.807) is 0 Å². The number of allylic oxidation sites excluding steroid dienone is 3. The minimum absolute atomic E-state index is 0.0621. The highest BCUT2D eigenvalue weighted by Crippen LogP contribution is 2.37. The van der Waals surface area contributed by atoms with Gasteiger partial charge in [-0.3, -0.25) is 0 Å². The molecule has 0 radical (unpaired) electrons. The van der Waals surface area contributed by atoms with Crippen LogP contribution in [0.5, 0.6) is 0 Å². The summed E-state index contributed by atoms with van der Waals surface area (Å²) in [4.78, 5) is 0. The van der Waals surface area contributed by atoms with Crippen LogP contribution >= 0.6 is 0 Å². The van der Waals surface area contributed by atoms with Crippen LogP contribution < -0.4 is 0 Å². The molecule has 4 nitrogen and oxygen atoms in total. The van der Waals surface area contributed by atoms with Crippen LogP contribution in [0.1, 0.15) is 72.8 Å². The first-order valence-electron chi connectivity index (χ1n) is 15.0. The van der Waals surface area contributed by atoms with Crippen molar-refractivity contribution in [3.05, 3.63) is 60.2 Å². The van der Waals surface area contributed by atoms with Gasteiger partial charge >= 0.3 is 0 Å². The van der Waals surface area contributed by atoms with Crippen molar-refractivity contribution in [2.45, 2.75) is 142 Å². The van der Waals surface area contributed by atoms with E-state index in [0.717, 1.165) is 24.8 Å². The van der Waals surface area contributed by atoms with Crippen LogP contribution in [-0.4, -0.2) is 46.6 Å². The summed E-state index contributed by atoms with van der Waals surface area (Å²) in [6.45, 7) is 25.0. The van der Waals surface area contributed by atoms with E-state index < -0.39 is 22.2 Å². The lowest BCUT2D eigenvalue weighted by molar-refractivity contribution is -0.302. The molecule has 0 saturated carbocycles. The Balaban J connectivity index is 1.94. The van der Waals surface area contributed by atoms with Gasteiger partial charge in [-0.15, -0.1) is 5.54 Å². The van der Waals surface area contributed by atoms with E-state index in [1.807, 2.05) is 32.0 Å². The average Bonchev–Trinajstić information content (AvgIpc) is 2.81. The van der Waals surface area contributed by atoms with Gasteiger partial charge in [0.05, 0.1) is 12.7 Å². The molecule has 1 saturated heterocycles. The zero-order valence-corrected chi connectivity index (χ0v) is 29.2. The highest BCUT2D eigenvalue weighted by Gasteiger charge is 2.39. The fourth-order valence-corrected chi connectivity index (χ4v) is 6.35. The van der Waals surface area contributed by atoms with Crippen molar-refractivity contribution >= 4 is 16.4 Å². The van der Waals surface area contributed by atoms with E-state index in [4.69, 9.17) is 18.6 Å². The van der Waals surface area contributed by atoms with Crippen LogP contribution in [0.3, 0.4) is 0 Å². The molecule has 1 aromatic carbocycles. The average molecular weight is 585 g/mol. The van der Waals surface area contributed by atoms with E-state index in [9.17, 15) is 0 Å². The van der Waals surface area contributed by atoms with Gasteiger partial charge in [-0.05, 0) is 63.7 Å². The molecule has 40 heavy (non-hydrogen) atoms. The second-order valence-electron chi connectivity index (χ2n) is 14.1. The summed E-state index contributed by atoms with van der Waals surface area (Å²) >= 11 is 0. The molecule has 0 spiro atoms. The Labute approximate surface area is 248 Å². The molecule has 1 aromatic rings. The number of hydrogen-bond acceptors (Lipinski definition) is 4. The fraction of sp³-hybridized carbons (Fsp3) is 0.647. The third-order valence-electron chi connectivity index (χ3n) is 7.39. The first kappa shape index (κ1) is 34.7. The zero-order valence-electron chi connectivity index (χ0n) is 27.2. The minimum Gasteiger partial charge on any atom is -0.414 e. The lowest BCUT2D eigenvalue weighted by Gasteiger charge is -2.41. The molecule has 224 valence electrons. The monoisotopic (exact) mass is 584 g/mol. The second-order valence-corrected chi connectivity index (χ2v) is 23.6. The Morgan fingerprint density at radius 3 is 2.35 bits per heavy atom. The number of rotatable bonds is 12. The topological polar surface area (TPSA) is 36.9 Å². The van der Waals surface area contributed by atoms with E-state index in [-0.39, 0.29) is 23.4 Å². The van der Waals surface area contributed by atoms with E-state index in [2.05, 4.69) is 108 Å². The Morgan fingerprint density at radius 1 is 1.05 bits per heavy atom. The predicted octanol–water partition coefficient (Wildman–Crippen LogP) is 9.06. The molecule has 4 atom stereocenters. The highest BCUT2D eigenvalue weighted by molar-refractivity contribution is 6.83. The van der Waals surface area contributed by atoms with Crippen molar-refractivity contribution in [3.63, 3.8) is 0 Å². The third-order valence-corrected chi connectivity index (χ3v) is 12.9. The number of unbranched alkanes of at least 4 members (excludes halogenated alkanes) is 1. The maximum atomic E-state index is 6.49. The van der Waals surface area contributed by atoms with Crippen molar-refractivity contribution in [2.24, 2.45) is 0 Å². The van der Waals surface area contributed by atoms with Gasteiger partial charge in [-0.2, -0.15) is 0 Å². The van der Waals surface area contributed by atoms with E-state index in [1.165, 1.54) is 0 Å². The van der Waals surface area contributed by atoms with Gasteiger partial charge in [0.25, 0.3) is 0 Å². The first-order chi connectivity index (χ1) is 18.5. The Bertz CT molecular complexity index is 1010. The Morgan fingerprint density at radius 2 is 1.73 bits per heavy atom. The van der Waals surface area contributed by atoms with Gasteiger partial charge in [0, 0.05) is 12.5 Å². The third kappa shape index (κ3) is 13.0. The molecule has 2 rings (SSSR count). The van der Waals surface area contributed by atoms with Crippen LogP contribution in [0.2, 0.25) is 37.8 Å². The second kappa shape index (κ2) is 15.1. The maximum Gasteiger partial charge on any atom is 0.192 e. The quantitative estimate of drug-likeness (QED) is 0.106. The predicted molar refractivity (Wildman–Crippen MR) is 174 cm³/mol. The van der Waals surface area contributed by atoms with Crippen molar-refractivity contribution < 1.29 is 18.6 Å². The van der Waals surface area contributed by atoms with Crippen molar-refractivity contribution in [3.8, 4) is 11.5 Å². The molecule has 1 aliphatic heterocycles. The summed E-state index contributed by atoms with van der Waals surface area (Å²) in [6.07, 6.45) is 12.3. The Kier molecular flexibility index (Phi) is 13.1. The summed E-state index contributed by atoms with van der Waals surface area (Å²) in [5, 5.41) is 0.251. The smallest absolute Gasteiger partial charge is 0.192 e. The highest BCUT2D eigenvalue weighted by atomic mass is 28.4. The molecule has 1 fully saturated rings. The van der Waals surface area contributed by atoms with E-state index in [0.29, 0.717) is 19.1 Å². The summed E-state index contributed by atoms with van der Waals surface area (Å²) in [7, 11) is -3.27. The van der Waals surface area contributed by atoms with Crippen LogP contribution in [0, 0.1) is 11.5 Å². The van der Waals surface area contributed by atoms with Gasteiger partial charge in [0.2, 0.25) is 0 Å². The largest absolute Gasteiger partial charge is 0.414 e. The van der Waals surface area contributed by atoms with Crippen molar-refractivity contribution in [1.82, 2.24) is 0 Å². The maximum absolute atomic E-state index is 6.49. The lowest BCUT2D eigenvalue weighted by atomic mass is 10.0. The molecule has 0 aliphatic carbocycles. The molecule has 6 heteroatoms. The molecule has 1 heterocycles. The summed E-state index contributed by atoms with van der Waals surface area (Å²) < 4.78 is 25.5. The fourth-order valence-electron chi connectivity index (χ4n) is 4.30. The number of ether oxygens (including phenoxy) is 3. The SMILES string of the molecule is C[C@H](CCCC=C/C=C/[C@H]1C[C@H]([C@H](C#C[Si](C)(C)C)OCc2ccccc2)OC(C)(C)O1)O[Si](C)(C)C(C)(C)C. The van der Waals surface area contributed by atoms with E-state index >= 15 is 0 Å². The normalized spacial score (nSPS) is 21.8. The number of benzene rings is 1. The van der Waals surface area contributed by atoms with Crippen molar-refractivity contribution in [2.75, 3.05) is 0 Å². The van der Waals surface area contributed by atoms with Gasteiger partial charge < -0.3 is 18.6 Å². The molecule has 0 N–H and O–H groups in total. The molecule has 0 unspecified atom stereocenters. The summed E-state index contributed by atoms with van der Waals surface area (Å²) in [6, 6.07) is 10.3. The zero-order chi connectivity index (χ0) is 30.0.